The standard InChI is InChI=1S/C14H10F3N5O/c1-23-12-8(14(15,16)17)4-7(5-19-12)9-2-3-10-11(21-9)6-20-13(18)22-10/h2-6H,1H3,(H2,18,20,22). The second-order valence-electron chi connectivity index (χ2n) is 4.61. The second kappa shape index (κ2) is 5.34. The maximum atomic E-state index is 13.1. The van der Waals surface area contributed by atoms with Gasteiger partial charge in [0.05, 0.1) is 24.5 Å². The van der Waals surface area contributed by atoms with Crippen molar-refractivity contribution in [3.63, 3.8) is 0 Å². The smallest absolute Gasteiger partial charge is 0.421 e. The predicted octanol–water partition coefficient (Wildman–Crippen LogP) is 2.70. The van der Waals surface area contributed by atoms with Crippen LogP contribution in [-0.4, -0.2) is 27.0 Å². The van der Waals surface area contributed by atoms with Gasteiger partial charge >= 0.3 is 6.18 Å². The molecule has 0 aliphatic rings. The van der Waals surface area contributed by atoms with Gasteiger partial charge in [-0.05, 0) is 18.2 Å². The van der Waals surface area contributed by atoms with Gasteiger partial charge < -0.3 is 10.5 Å². The van der Waals surface area contributed by atoms with Crippen molar-refractivity contribution in [3.05, 3.63) is 36.2 Å². The lowest BCUT2D eigenvalue weighted by Gasteiger charge is -2.12. The van der Waals surface area contributed by atoms with Crippen LogP contribution in [0.4, 0.5) is 19.1 Å². The number of nitrogens with zero attached hydrogens (tertiary/aromatic N) is 4. The van der Waals surface area contributed by atoms with Crippen LogP contribution in [0.3, 0.4) is 0 Å². The highest BCUT2D eigenvalue weighted by atomic mass is 19.4. The molecule has 0 saturated carbocycles. The highest BCUT2D eigenvalue weighted by molar-refractivity contribution is 5.78. The largest absolute Gasteiger partial charge is 0.481 e. The molecule has 9 heteroatoms. The van der Waals surface area contributed by atoms with Crippen LogP contribution in [0.2, 0.25) is 0 Å². The number of rotatable bonds is 2. The van der Waals surface area contributed by atoms with Crippen molar-refractivity contribution < 1.29 is 17.9 Å². The molecule has 0 fully saturated rings. The number of methoxy groups -OCH3 is 1. The van der Waals surface area contributed by atoms with Crippen LogP contribution < -0.4 is 10.5 Å². The van der Waals surface area contributed by atoms with Gasteiger partial charge in [-0.2, -0.15) is 13.2 Å². The van der Waals surface area contributed by atoms with Crippen LogP contribution in [-0.2, 0) is 6.18 Å². The van der Waals surface area contributed by atoms with E-state index < -0.39 is 17.6 Å². The van der Waals surface area contributed by atoms with Gasteiger partial charge in [-0.1, -0.05) is 0 Å². The number of nitrogens with two attached hydrogens (primary N) is 1. The number of aromatic nitrogens is 4. The van der Waals surface area contributed by atoms with E-state index in [1.165, 1.54) is 12.4 Å². The summed E-state index contributed by atoms with van der Waals surface area (Å²) in [6.45, 7) is 0. The number of anilines is 1. The van der Waals surface area contributed by atoms with E-state index in [-0.39, 0.29) is 11.5 Å². The first-order valence-corrected chi connectivity index (χ1v) is 6.39. The Hall–Kier alpha value is -2.97. The molecule has 0 bridgehead atoms. The minimum absolute atomic E-state index is 0.0949. The Bertz CT molecular complexity index is 882. The lowest BCUT2D eigenvalue weighted by atomic mass is 10.1. The van der Waals surface area contributed by atoms with Gasteiger partial charge in [0.25, 0.3) is 0 Å². The Morgan fingerprint density at radius 3 is 2.52 bits per heavy atom. The van der Waals surface area contributed by atoms with Crippen LogP contribution in [0.5, 0.6) is 5.88 Å². The summed E-state index contributed by atoms with van der Waals surface area (Å²) in [4.78, 5) is 15.7. The fourth-order valence-corrected chi connectivity index (χ4v) is 2.06. The fourth-order valence-electron chi connectivity index (χ4n) is 2.06. The average molecular weight is 321 g/mol. The molecule has 6 nitrogen and oxygen atoms in total. The molecule has 0 radical (unpaired) electrons. The quantitative estimate of drug-likeness (QED) is 0.781. The Labute approximate surface area is 128 Å². The molecule has 3 rings (SSSR count). The monoisotopic (exact) mass is 321 g/mol. The molecule has 0 aliphatic carbocycles. The number of ether oxygens (including phenoxy) is 1. The second-order valence-corrected chi connectivity index (χ2v) is 4.61. The first-order valence-electron chi connectivity index (χ1n) is 6.39. The zero-order chi connectivity index (χ0) is 16.6. The lowest BCUT2D eigenvalue weighted by molar-refractivity contribution is -0.139. The molecule has 0 saturated heterocycles. The molecule has 0 atom stereocenters. The van der Waals surface area contributed by atoms with Gasteiger partial charge in [0.2, 0.25) is 11.8 Å². The van der Waals surface area contributed by atoms with Crippen LogP contribution >= 0.6 is 0 Å². The van der Waals surface area contributed by atoms with Crippen molar-refractivity contribution in [2.24, 2.45) is 0 Å². The maximum absolute atomic E-state index is 13.1. The highest BCUT2D eigenvalue weighted by Gasteiger charge is 2.35. The highest BCUT2D eigenvalue weighted by Crippen LogP contribution is 2.37. The predicted molar refractivity (Wildman–Crippen MR) is 76.5 cm³/mol. The van der Waals surface area contributed by atoms with Gasteiger partial charge in [-0.15, -0.1) is 0 Å². The zero-order valence-electron chi connectivity index (χ0n) is 11.8. The third-order valence-corrected chi connectivity index (χ3v) is 3.10. The molecule has 0 aliphatic heterocycles. The Morgan fingerprint density at radius 1 is 1.04 bits per heavy atom. The summed E-state index contributed by atoms with van der Waals surface area (Å²) in [5.41, 5.74) is 5.94. The summed E-state index contributed by atoms with van der Waals surface area (Å²) < 4.78 is 43.8. The number of halogens is 3. The lowest BCUT2D eigenvalue weighted by Crippen LogP contribution is -2.09. The molecule has 2 N–H and O–H groups in total. The molecule has 118 valence electrons. The fraction of sp³-hybridized carbons (Fsp3) is 0.143. The normalized spacial score (nSPS) is 11.7. The molecule has 23 heavy (non-hydrogen) atoms. The first kappa shape index (κ1) is 14.9. The van der Waals surface area contributed by atoms with Gasteiger partial charge in [-0.25, -0.2) is 19.9 Å². The minimum atomic E-state index is -4.58. The number of hydrogen-bond donors (Lipinski definition) is 1. The summed E-state index contributed by atoms with van der Waals surface area (Å²) in [6, 6.07) is 4.09. The van der Waals surface area contributed by atoms with Gasteiger partial charge in [0, 0.05) is 11.8 Å². The molecule has 0 unspecified atom stereocenters. The van der Waals surface area contributed by atoms with Crippen molar-refractivity contribution in [2.75, 3.05) is 12.8 Å². The van der Waals surface area contributed by atoms with E-state index in [0.29, 0.717) is 16.7 Å². The summed E-state index contributed by atoms with van der Waals surface area (Å²) in [5, 5.41) is 0. The van der Waals surface area contributed by atoms with E-state index in [0.717, 1.165) is 13.2 Å². The van der Waals surface area contributed by atoms with E-state index in [4.69, 9.17) is 5.73 Å². The third-order valence-electron chi connectivity index (χ3n) is 3.10. The van der Waals surface area contributed by atoms with E-state index >= 15 is 0 Å². The molecular weight excluding hydrogens is 311 g/mol. The van der Waals surface area contributed by atoms with Gasteiger partial charge in [-0.3, -0.25) is 0 Å². The maximum Gasteiger partial charge on any atom is 0.421 e. The van der Waals surface area contributed by atoms with E-state index in [1.54, 1.807) is 12.1 Å². The van der Waals surface area contributed by atoms with Crippen LogP contribution in [0.1, 0.15) is 5.56 Å². The molecule has 3 aromatic heterocycles. The van der Waals surface area contributed by atoms with E-state index in [1.807, 2.05) is 0 Å². The molecule has 3 heterocycles. The van der Waals surface area contributed by atoms with Crippen LogP contribution in [0.25, 0.3) is 22.3 Å². The summed E-state index contributed by atoms with van der Waals surface area (Å²) >= 11 is 0. The van der Waals surface area contributed by atoms with E-state index in [9.17, 15) is 13.2 Å². The van der Waals surface area contributed by atoms with Crippen molar-refractivity contribution in [1.29, 1.82) is 0 Å². The van der Waals surface area contributed by atoms with Crippen molar-refractivity contribution in [2.45, 2.75) is 6.18 Å². The molecular formula is C14H10F3N5O. The summed E-state index contributed by atoms with van der Waals surface area (Å²) in [6.07, 6.45) is -1.91. The number of fused-ring (bicyclic) bond motifs is 1. The third kappa shape index (κ3) is 2.85. The molecule has 0 amide bonds. The number of pyridine rings is 2. The number of nitrogen functional groups attached to an aromatic ring is 1. The van der Waals surface area contributed by atoms with Crippen molar-refractivity contribution in [1.82, 2.24) is 19.9 Å². The average Bonchev–Trinajstić information content (AvgIpc) is 2.53. The Kier molecular flexibility index (Phi) is 3.47. The zero-order valence-corrected chi connectivity index (χ0v) is 11.8. The SMILES string of the molecule is COc1ncc(-c2ccc3nc(N)ncc3n2)cc1C(F)(F)F. The Balaban J connectivity index is 2.13. The molecule has 0 spiro atoms. The number of alkyl halides is 3. The van der Waals surface area contributed by atoms with Crippen molar-refractivity contribution in [3.8, 4) is 17.1 Å². The van der Waals surface area contributed by atoms with Crippen LogP contribution in [0.15, 0.2) is 30.6 Å². The van der Waals surface area contributed by atoms with Gasteiger partial charge in [0.15, 0.2) is 0 Å². The van der Waals surface area contributed by atoms with Crippen LogP contribution in [0, 0.1) is 0 Å². The van der Waals surface area contributed by atoms with Crippen molar-refractivity contribution >= 4 is 17.0 Å². The van der Waals surface area contributed by atoms with E-state index in [2.05, 4.69) is 24.7 Å². The number of hydrogen-bond acceptors (Lipinski definition) is 6. The topological polar surface area (TPSA) is 86.8 Å². The summed E-state index contributed by atoms with van der Waals surface area (Å²) in [5.74, 6) is -0.393. The molecule has 0 aromatic carbocycles. The molecule has 3 aromatic rings. The summed E-state index contributed by atoms with van der Waals surface area (Å²) in [7, 11) is 1.13. The first-order chi connectivity index (χ1) is 10.9. The van der Waals surface area contributed by atoms with Gasteiger partial charge in [0.1, 0.15) is 11.1 Å². The minimum Gasteiger partial charge on any atom is -0.481 e. The Morgan fingerprint density at radius 2 is 1.83 bits per heavy atom.